The van der Waals surface area contributed by atoms with E-state index >= 15 is 0 Å². The van der Waals surface area contributed by atoms with Crippen LogP contribution in [0.1, 0.15) is 41.5 Å². The summed E-state index contributed by atoms with van der Waals surface area (Å²) in [6, 6.07) is 6.87. The van der Waals surface area contributed by atoms with Gasteiger partial charge in [-0.05, 0) is 66.8 Å². The number of carbonyl (C=O) groups is 1. The van der Waals surface area contributed by atoms with Gasteiger partial charge in [0.05, 0.1) is 17.7 Å². The number of urea groups is 1. The van der Waals surface area contributed by atoms with Crippen molar-refractivity contribution in [2.24, 2.45) is 5.73 Å². The highest BCUT2D eigenvalue weighted by molar-refractivity contribution is 7.98. The molecule has 4 N–H and O–H groups in total. The minimum absolute atomic E-state index is 0.00780. The topological polar surface area (TPSA) is 138 Å². The van der Waals surface area contributed by atoms with Crippen LogP contribution in [-0.4, -0.2) is 68.0 Å². The van der Waals surface area contributed by atoms with Gasteiger partial charge in [-0.1, -0.05) is 41.5 Å². The van der Waals surface area contributed by atoms with Crippen molar-refractivity contribution < 1.29 is 31.0 Å². The van der Waals surface area contributed by atoms with Gasteiger partial charge in [0.25, 0.3) is 10.1 Å². The summed E-state index contributed by atoms with van der Waals surface area (Å²) in [6.07, 6.45) is -1.13. The zero-order valence-corrected chi connectivity index (χ0v) is 29.7. The lowest BCUT2D eigenvalue weighted by Gasteiger charge is -2.43. The third-order valence-corrected chi connectivity index (χ3v) is 19.5. The van der Waals surface area contributed by atoms with Gasteiger partial charge >= 0.3 is 6.03 Å². The van der Waals surface area contributed by atoms with Crippen LogP contribution in [-0.2, 0) is 27.9 Å². The minimum atomic E-state index is -4.14. The Morgan fingerprint density at radius 3 is 2.07 bits per heavy atom. The maximum absolute atomic E-state index is 13.2. The second-order valence-electron chi connectivity index (χ2n) is 13.7. The van der Waals surface area contributed by atoms with Gasteiger partial charge in [0.15, 0.2) is 28.5 Å². The number of hydrogen-bond donors (Lipinski definition) is 3. The lowest BCUT2D eigenvalue weighted by atomic mass is 9.89. The lowest BCUT2D eigenvalue weighted by Crippen LogP contribution is -2.61. The maximum Gasteiger partial charge on any atom is 0.321 e. The highest BCUT2D eigenvalue weighted by Crippen LogP contribution is 2.49. The molecule has 2 aliphatic heterocycles. The lowest BCUT2D eigenvalue weighted by molar-refractivity contribution is -0.0419. The van der Waals surface area contributed by atoms with E-state index in [0.717, 1.165) is 10.3 Å². The first-order valence-electron chi connectivity index (χ1n) is 13.7. The number of carbonyl (C=O) groups excluding carboxylic acids is 1. The minimum Gasteiger partial charge on any atom is -0.414 e. The van der Waals surface area contributed by atoms with E-state index in [2.05, 4.69) is 65.3 Å². The van der Waals surface area contributed by atoms with E-state index in [9.17, 15) is 13.2 Å². The number of anilines is 1. The van der Waals surface area contributed by atoms with Crippen molar-refractivity contribution in [2.75, 3.05) is 18.2 Å². The zero-order chi connectivity index (χ0) is 31.2. The van der Waals surface area contributed by atoms with Crippen LogP contribution in [0.3, 0.4) is 0 Å². The van der Waals surface area contributed by atoms with Crippen molar-refractivity contribution in [3.05, 3.63) is 35.4 Å². The van der Waals surface area contributed by atoms with Crippen LogP contribution in [0.4, 0.5) is 10.5 Å². The summed E-state index contributed by atoms with van der Waals surface area (Å²) in [7, 11) is -9.01. The molecule has 4 atom stereocenters. The summed E-state index contributed by atoms with van der Waals surface area (Å²) >= 11 is 1.60. The van der Waals surface area contributed by atoms with Gasteiger partial charge in [0.2, 0.25) is 0 Å². The van der Waals surface area contributed by atoms with Crippen LogP contribution < -0.4 is 16.4 Å². The molecule has 2 aliphatic rings. The van der Waals surface area contributed by atoms with Gasteiger partial charge in [-0.3, -0.25) is 0 Å². The molecule has 0 aromatic heterocycles. The highest BCUT2D eigenvalue weighted by atomic mass is 32.2. The normalized spacial score (nSPS) is 26.7. The highest BCUT2D eigenvalue weighted by Gasteiger charge is 2.67. The van der Waals surface area contributed by atoms with Gasteiger partial charge in [0, 0.05) is 10.6 Å². The summed E-state index contributed by atoms with van der Waals surface area (Å²) in [6.45, 7) is 20.8. The fourth-order valence-corrected chi connectivity index (χ4v) is 8.03. The van der Waals surface area contributed by atoms with Crippen LogP contribution in [0.15, 0.2) is 40.3 Å². The fraction of sp³-hybridized carbons (Fsp3) is 0.667. The van der Waals surface area contributed by atoms with Gasteiger partial charge in [-0.25, -0.2) is 8.98 Å². The molecule has 0 radical (unpaired) electrons. The van der Waals surface area contributed by atoms with E-state index < -0.39 is 56.8 Å². The maximum atomic E-state index is 13.2. The standard InChI is InChI=1S/C27H47N3O7S2Si2/c1-25(2,3)40(8,9)34-16-21-27(20(28)17-39(32,33)37-27)22(36-41(10,11)26(4,5)6)23(35-21)30-24(31)29-18-12-14-19(38-7)15-13-18/h12-15,17,21-23H,16,28H2,1-11H3,(H2,29,30,31)/t21-,22+,23+,27-/m1/s1. The average Bonchev–Trinajstić information content (AvgIpc) is 3.22. The zero-order valence-electron chi connectivity index (χ0n) is 26.1. The Kier molecular flexibility index (Phi) is 9.65. The Bertz CT molecular complexity index is 1260. The van der Waals surface area contributed by atoms with Crippen LogP contribution in [0, 0.1) is 0 Å². The van der Waals surface area contributed by atoms with E-state index in [0.29, 0.717) is 5.69 Å². The Morgan fingerprint density at radius 2 is 1.61 bits per heavy atom. The Hall–Kier alpha value is -1.40. The molecule has 232 valence electrons. The molecule has 0 aliphatic carbocycles. The molecule has 2 heterocycles. The number of thioether (sulfide) groups is 1. The van der Waals surface area contributed by atoms with Gasteiger partial charge in [0.1, 0.15) is 12.2 Å². The Morgan fingerprint density at radius 1 is 1.05 bits per heavy atom. The van der Waals surface area contributed by atoms with Gasteiger partial charge in [-0.2, -0.15) is 8.42 Å². The molecular weight excluding hydrogens is 599 g/mol. The molecule has 2 amide bonds. The van der Waals surface area contributed by atoms with Crippen molar-refractivity contribution in [2.45, 2.75) is 107 Å². The number of hydrogen-bond acceptors (Lipinski definition) is 9. The quantitative estimate of drug-likeness (QED) is 0.188. The van der Waals surface area contributed by atoms with E-state index in [-0.39, 0.29) is 22.4 Å². The Labute approximate surface area is 251 Å². The smallest absolute Gasteiger partial charge is 0.321 e. The second kappa shape index (κ2) is 11.6. The number of rotatable bonds is 8. The summed E-state index contributed by atoms with van der Waals surface area (Å²) in [5.74, 6) is 0. The number of nitrogens with one attached hydrogen (secondary N) is 2. The number of amides is 2. The van der Waals surface area contributed by atoms with Crippen LogP contribution in [0.2, 0.25) is 36.3 Å². The molecule has 1 aromatic carbocycles. The molecule has 3 rings (SSSR count). The first kappa shape index (κ1) is 34.1. The fourth-order valence-electron chi connectivity index (χ4n) is 4.11. The molecule has 0 unspecified atom stereocenters. The average molecular weight is 646 g/mol. The number of nitrogens with two attached hydrogens (primary N) is 1. The largest absolute Gasteiger partial charge is 0.414 e. The van der Waals surface area contributed by atoms with Crippen LogP contribution in [0.25, 0.3) is 0 Å². The third-order valence-electron chi connectivity index (χ3n) is 8.71. The molecule has 1 fully saturated rings. The summed E-state index contributed by atoms with van der Waals surface area (Å²) in [5.41, 5.74) is 5.30. The monoisotopic (exact) mass is 645 g/mol. The van der Waals surface area contributed by atoms with Crippen molar-refractivity contribution in [1.82, 2.24) is 5.32 Å². The number of ether oxygens (including phenoxy) is 1. The SMILES string of the molecule is CSc1ccc(NC(=O)N[C@H]2O[C@H](CO[Si](C)(C)C(C)(C)C)[C@@]3(OS(=O)(=O)C=C3N)[C@H]2O[Si](C)(C)C(C)(C)C)cc1. The first-order chi connectivity index (χ1) is 18.5. The predicted octanol–water partition coefficient (Wildman–Crippen LogP) is 5.57. The molecule has 0 saturated carbocycles. The van der Waals surface area contributed by atoms with Gasteiger partial charge < -0.3 is 30.0 Å². The molecule has 10 nitrogen and oxygen atoms in total. The molecular formula is C27H47N3O7S2Si2. The van der Waals surface area contributed by atoms with E-state index in [4.69, 9.17) is 23.5 Å². The second-order valence-corrected chi connectivity index (χ2v) is 25.5. The van der Waals surface area contributed by atoms with Crippen molar-refractivity contribution in [3.63, 3.8) is 0 Å². The summed E-state index contributed by atoms with van der Waals surface area (Å²) < 4.78 is 51.1. The van der Waals surface area contributed by atoms with E-state index in [1.165, 1.54) is 0 Å². The van der Waals surface area contributed by atoms with Crippen molar-refractivity contribution in [1.29, 1.82) is 0 Å². The molecule has 0 bridgehead atoms. The van der Waals surface area contributed by atoms with Gasteiger partial charge in [-0.15, -0.1) is 11.8 Å². The van der Waals surface area contributed by atoms with E-state index in [1.54, 1.807) is 23.9 Å². The van der Waals surface area contributed by atoms with E-state index in [1.807, 2.05) is 31.5 Å². The molecule has 41 heavy (non-hydrogen) atoms. The summed E-state index contributed by atoms with van der Waals surface area (Å²) in [4.78, 5) is 14.3. The molecule has 1 saturated heterocycles. The number of benzene rings is 1. The van der Waals surface area contributed by atoms with Crippen LogP contribution in [0.5, 0.6) is 0 Å². The first-order valence-corrected chi connectivity index (χ1v) is 22.2. The van der Waals surface area contributed by atoms with Crippen molar-refractivity contribution >= 4 is 50.2 Å². The Balaban J connectivity index is 2.01. The summed E-state index contributed by atoms with van der Waals surface area (Å²) in [5, 5.41) is 6.23. The third kappa shape index (κ3) is 7.23. The predicted molar refractivity (Wildman–Crippen MR) is 169 cm³/mol. The van der Waals surface area contributed by atoms with Crippen LogP contribution >= 0.6 is 11.8 Å². The molecule has 14 heteroatoms. The molecule has 1 spiro atoms. The molecule has 1 aromatic rings. The van der Waals surface area contributed by atoms with Crippen molar-refractivity contribution in [3.8, 4) is 0 Å².